The van der Waals surface area contributed by atoms with Crippen LogP contribution >= 0.6 is 0 Å². The summed E-state index contributed by atoms with van der Waals surface area (Å²) in [7, 11) is 0. The van der Waals surface area contributed by atoms with Crippen LogP contribution < -0.4 is 5.32 Å². The molecule has 1 saturated heterocycles. The standard InChI is InChI=1S/C25H37NO2/c1-2-21(14-20-6-4-3-5-7-20)23-15-24(23)26-22-10-8-19(9-11-22)12-13-25(16-27)17-28-18-25/h3-7,14,19,22-24,26-27H,2,8-13,15-18H2,1H3/b21-14+/t19?,22?,23-,24+/m0/s1. The normalized spacial score (nSPS) is 32.0. The van der Waals surface area contributed by atoms with Crippen molar-refractivity contribution in [1.82, 2.24) is 5.32 Å². The summed E-state index contributed by atoms with van der Waals surface area (Å²) in [5.41, 5.74) is 3.04. The first kappa shape index (κ1) is 20.1. The van der Waals surface area contributed by atoms with Crippen molar-refractivity contribution in [2.45, 2.75) is 70.4 Å². The fourth-order valence-corrected chi connectivity index (χ4v) is 5.16. The first-order valence-corrected chi connectivity index (χ1v) is 11.4. The van der Waals surface area contributed by atoms with Gasteiger partial charge in [-0.2, -0.15) is 0 Å². The van der Waals surface area contributed by atoms with E-state index in [1.807, 2.05) is 0 Å². The van der Waals surface area contributed by atoms with Crippen LogP contribution in [0, 0.1) is 17.3 Å². The van der Waals surface area contributed by atoms with E-state index in [1.54, 1.807) is 5.57 Å². The smallest absolute Gasteiger partial charge is 0.0566 e. The molecule has 1 aromatic rings. The third-order valence-electron chi connectivity index (χ3n) is 7.36. The molecule has 3 aliphatic rings. The molecule has 3 heteroatoms. The van der Waals surface area contributed by atoms with Crippen LogP contribution in [-0.2, 0) is 4.74 Å². The lowest BCUT2D eigenvalue weighted by Gasteiger charge is -2.41. The van der Waals surface area contributed by atoms with Crippen LogP contribution in [0.15, 0.2) is 35.9 Å². The van der Waals surface area contributed by atoms with Gasteiger partial charge in [0.2, 0.25) is 0 Å². The molecule has 2 N–H and O–H groups in total. The Bertz CT molecular complexity index is 638. The molecular weight excluding hydrogens is 346 g/mol. The van der Waals surface area contributed by atoms with Gasteiger partial charge in [-0.15, -0.1) is 0 Å². The van der Waals surface area contributed by atoms with E-state index >= 15 is 0 Å². The number of aliphatic hydroxyl groups excluding tert-OH is 1. The predicted octanol–water partition coefficient (Wildman–Crippen LogP) is 4.81. The summed E-state index contributed by atoms with van der Waals surface area (Å²) in [4.78, 5) is 0. The Morgan fingerprint density at radius 2 is 1.93 bits per heavy atom. The van der Waals surface area contributed by atoms with E-state index < -0.39 is 0 Å². The summed E-state index contributed by atoms with van der Waals surface area (Å²) >= 11 is 0. The zero-order chi connectivity index (χ0) is 19.4. The molecule has 3 nitrogen and oxygen atoms in total. The topological polar surface area (TPSA) is 41.5 Å². The van der Waals surface area contributed by atoms with Crippen molar-refractivity contribution in [3.63, 3.8) is 0 Å². The third-order valence-corrected chi connectivity index (χ3v) is 7.36. The molecule has 1 aromatic carbocycles. The molecule has 2 aliphatic carbocycles. The lowest BCUT2D eigenvalue weighted by atomic mass is 9.76. The van der Waals surface area contributed by atoms with Gasteiger partial charge in [0.05, 0.1) is 19.8 Å². The van der Waals surface area contributed by atoms with E-state index in [-0.39, 0.29) is 5.41 Å². The Hall–Kier alpha value is -1.16. The Labute approximate surface area is 170 Å². The number of aliphatic hydroxyl groups is 1. The van der Waals surface area contributed by atoms with Crippen LogP contribution in [0.1, 0.15) is 63.9 Å². The molecule has 1 aliphatic heterocycles. The lowest BCUT2D eigenvalue weighted by Crippen LogP contribution is -2.46. The summed E-state index contributed by atoms with van der Waals surface area (Å²) in [6, 6.07) is 12.2. The van der Waals surface area contributed by atoms with Crippen molar-refractivity contribution < 1.29 is 9.84 Å². The molecule has 2 saturated carbocycles. The van der Waals surface area contributed by atoms with E-state index in [0.717, 1.165) is 37.9 Å². The van der Waals surface area contributed by atoms with E-state index in [4.69, 9.17) is 4.74 Å². The maximum atomic E-state index is 9.60. The molecule has 0 spiro atoms. The van der Waals surface area contributed by atoms with Crippen LogP contribution in [0.25, 0.3) is 6.08 Å². The number of hydrogen-bond donors (Lipinski definition) is 2. The molecule has 154 valence electrons. The minimum Gasteiger partial charge on any atom is -0.396 e. The number of rotatable bonds is 9. The van der Waals surface area contributed by atoms with Crippen molar-refractivity contribution in [1.29, 1.82) is 0 Å². The van der Waals surface area contributed by atoms with Crippen LogP contribution in [0.3, 0.4) is 0 Å². The van der Waals surface area contributed by atoms with Crippen molar-refractivity contribution in [2.24, 2.45) is 17.3 Å². The van der Waals surface area contributed by atoms with Crippen LogP contribution in [-0.4, -0.2) is 37.0 Å². The lowest BCUT2D eigenvalue weighted by molar-refractivity contribution is -0.143. The van der Waals surface area contributed by atoms with Gasteiger partial charge in [-0.3, -0.25) is 0 Å². The molecule has 1 heterocycles. The van der Waals surface area contributed by atoms with Crippen LogP contribution in [0.2, 0.25) is 0 Å². The quantitative estimate of drug-likeness (QED) is 0.643. The van der Waals surface area contributed by atoms with Crippen LogP contribution in [0.5, 0.6) is 0 Å². The predicted molar refractivity (Wildman–Crippen MR) is 115 cm³/mol. The SMILES string of the molecule is CC/C(=C\c1ccccc1)[C@@H]1C[C@H]1NC1CCC(CCC2(CO)COC2)CC1. The van der Waals surface area contributed by atoms with Gasteiger partial charge in [0.1, 0.15) is 0 Å². The maximum absolute atomic E-state index is 9.60. The number of nitrogens with one attached hydrogen (secondary N) is 1. The highest BCUT2D eigenvalue weighted by Gasteiger charge is 2.41. The highest BCUT2D eigenvalue weighted by atomic mass is 16.5. The third kappa shape index (κ3) is 4.87. The van der Waals surface area contributed by atoms with E-state index in [1.165, 1.54) is 44.1 Å². The fraction of sp³-hybridized carbons (Fsp3) is 0.680. The number of benzene rings is 1. The molecule has 0 amide bonds. The van der Waals surface area contributed by atoms with Gasteiger partial charge in [0.15, 0.2) is 0 Å². The van der Waals surface area contributed by atoms with Gasteiger partial charge in [-0.25, -0.2) is 0 Å². The second-order valence-corrected chi connectivity index (χ2v) is 9.51. The second-order valence-electron chi connectivity index (χ2n) is 9.51. The molecule has 3 fully saturated rings. The zero-order valence-corrected chi connectivity index (χ0v) is 17.4. The monoisotopic (exact) mass is 383 g/mol. The number of ether oxygens (including phenoxy) is 1. The maximum Gasteiger partial charge on any atom is 0.0566 e. The van der Waals surface area contributed by atoms with Crippen molar-refractivity contribution in [3.8, 4) is 0 Å². The van der Waals surface area contributed by atoms with Gasteiger partial charge in [0.25, 0.3) is 0 Å². The van der Waals surface area contributed by atoms with Gasteiger partial charge in [-0.05, 0) is 68.8 Å². The minimum atomic E-state index is 0.0952. The minimum absolute atomic E-state index is 0.0952. The van der Waals surface area contributed by atoms with Crippen molar-refractivity contribution in [3.05, 3.63) is 41.5 Å². The summed E-state index contributed by atoms with van der Waals surface area (Å²) < 4.78 is 5.34. The molecule has 28 heavy (non-hydrogen) atoms. The highest BCUT2D eigenvalue weighted by Crippen LogP contribution is 2.42. The molecule has 0 unspecified atom stereocenters. The van der Waals surface area contributed by atoms with E-state index in [9.17, 15) is 5.11 Å². The Morgan fingerprint density at radius 3 is 2.54 bits per heavy atom. The molecule has 0 radical (unpaired) electrons. The van der Waals surface area contributed by atoms with Crippen LogP contribution in [0.4, 0.5) is 0 Å². The highest BCUT2D eigenvalue weighted by molar-refractivity contribution is 5.54. The Balaban J connectivity index is 1.19. The van der Waals surface area contributed by atoms with Gasteiger partial charge in [-0.1, -0.05) is 48.9 Å². The number of hydrogen-bond acceptors (Lipinski definition) is 3. The summed E-state index contributed by atoms with van der Waals surface area (Å²) in [6.45, 7) is 4.12. The molecular formula is C25H37NO2. The summed E-state index contributed by atoms with van der Waals surface area (Å²) in [5.74, 6) is 1.59. The van der Waals surface area contributed by atoms with E-state index in [0.29, 0.717) is 18.7 Å². The van der Waals surface area contributed by atoms with Crippen molar-refractivity contribution in [2.75, 3.05) is 19.8 Å². The Kier molecular flexibility index (Phi) is 6.55. The van der Waals surface area contributed by atoms with Crippen molar-refractivity contribution >= 4 is 6.08 Å². The molecule has 0 bridgehead atoms. The fourth-order valence-electron chi connectivity index (χ4n) is 5.16. The molecule has 4 rings (SSSR count). The Morgan fingerprint density at radius 1 is 1.18 bits per heavy atom. The first-order valence-electron chi connectivity index (χ1n) is 11.4. The first-order chi connectivity index (χ1) is 13.7. The van der Waals surface area contributed by atoms with E-state index in [2.05, 4.69) is 48.6 Å². The van der Waals surface area contributed by atoms with Gasteiger partial charge < -0.3 is 15.2 Å². The summed E-state index contributed by atoms with van der Waals surface area (Å²) in [6.07, 6.45) is 12.6. The molecule has 2 atom stereocenters. The summed E-state index contributed by atoms with van der Waals surface area (Å²) in [5, 5.41) is 13.6. The second kappa shape index (κ2) is 9.11. The average molecular weight is 384 g/mol. The zero-order valence-electron chi connectivity index (χ0n) is 17.4. The average Bonchev–Trinajstić information content (AvgIpc) is 3.46. The largest absolute Gasteiger partial charge is 0.396 e. The molecule has 0 aromatic heterocycles. The van der Waals surface area contributed by atoms with Gasteiger partial charge >= 0.3 is 0 Å². The van der Waals surface area contributed by atoms with Gasteiger partial charge in [0, 0.05) is 17.5 Å².